The average molecular weight is 289 g/mol. The van der Waals surface area contributed by atoms with Gasteiger partial charge in [0.05, 0.1) is 11.6 Å². The summed E-state index contributed by atoms with van der Waals surface area (Å²) in [6.45, 7) is 4.20. The molecular formula is C19H15NS. The Hall–Kier alpha value is -2.37. The summed E-state index contributed by atoms with van der Waals surface area (Å²) in [7, 11) is 0. The minimum Gasteiger partial charge on any atom is -0.192 e. The zero-order valence-corrected chi connectivity index (χ0v) is 12.9. The summed E-state index contributed by atoms with van der Waals surface area (Å²) < 4.78 is 0. The molecule has 0 unspecified atom stereocenters. The first-order chi connectivity index (χ1) is 10.2. The number of nitrogens with zero attached hydrogens (tertiary/aromatic N) is 1. The van der Waals surface area contributed by atoms with Crippen molar-refractivity contribution >= 4 is 33.8 Å². The van der Waals surface area contributed by atoms with Gasteiger partial charge in [0.25, 0.3) is 0 Å². The molecule has 0 aliphatic rings. The summed E-state index contributed by atoms with van der Waals surface area (Å²) in [6.07, 6.45) is 2.00. The van der Waals surface area contributed by atoms with Gasteiger partial charge in [0.2, 0.25) is 0 Å². The second-order valence-corrected chi connectivity index (χ2v) is 6.53. The third kappa shape index (κ3) is 2.61. The molecule has 0 atom stereocenters. The molecule has 0 amide bonds. The molecule has 21 heavy (non-hydrogen) atoms. The van der Waals surface area contributed by atoms with Crippen LogP contribution in [0.4, 0.5) is 0 Å². The predicted octanol–water partition coefficient (Wildman–Crippen LogP) is 5.58. The van der Waals surface area contributed by atoms with E-state index in [1.807, 2.05) is 30.3 Å². The SMILES string of the molecule is Cc1cc(/C=C(\C#N)c2cccc3ccccc23)c(C)s1. The van der Waals surface area contributed by atoms with Crippen LogP contribution in [0.2, 0.25) is 0 Å². The van der Waals surface area contributed by atoms with Crippen LogP contribution < -0.4 is 0 Å². The highest BCUT2D eigenvalue weighted by Crippen LogP contribution is 2.29. The molecule has 0 aliphatic heterocycles. The first-order valence-corrected chi connectivity index (χ1v) is 7.67. The molecule has 0 N–H and O–H groups in total. The first-order valence-electron chi connectivity index (χ1n) is 6.86. The fraction of sp³-hybridized carbons (Fsp3) is 0.105. The topological polar surface area (TPSA) is 23.8 Å². The lowest BCUT2D eigenvalue weighted by Gasteiger charge is -2.05. The molecule has 2 aromatic carbocycles. The number of thiophene rings is 1. The smallest absolute Gasteiger partial charge is 0.0998 e. The van der Waals surface area contributed by atoms with Crippen molar-refractivity contribution < 1.29 is 0 Å². The molecule has 0 saturated carbocycles. The molecule has 0 saturated heterocycles. The number of benzene rings is 2. The molecule has 2 heteroatoms. The number of hydrogen-bond acceptors (Lipinski definition) is 2. The van der Waals surface area contributed by atoms with Crippen molar-refractivity contribution in [1.29, 1.82) is 5.26 Å². The summed E-state index contributed by atoms with van der Waals surface area (Å²) in [6, 6.07) is 18.8. The van der Waals surface area contributed by atoms with Gasteiger partial charge < -0.3 is 0 Å². The fourth-order valence-corrected chi connectivity index (χ4v) is 3.48. The Morgan fingerprint density at radius 3 is 2.57 bits per heavy atom. The van der Waals surface area contributed by atoms with Crippen LogP contribution in [0.25, 0.3) is 22.4 Å². The lowest BCUT2D eigenvalue weighted by molar-refractivity contribution is 1.53. The second kappa shape index (κ2) is 5.55. The summed E-state index contributed by atoms with van der Waals surface area (Å²) >= 11 is 1.77. The first kappa shape index (κ1) is 13.6. The van der Waals surface area contributed by atoms with Crippen LogP contribution in [0, 0.1) is 25.2 Å². The summed E-state index contributed by atoms with van der Waals surface area (Å²) in [5.41, 5.74) is 2.86. The number of aryl methyl sites for hydroxylation is 2. The number of nitriles is 1. The van der Waals surface area contributed by atoms with Crippen molar-refractivity contribution in [2.45, 2.75) is 13.8 Å². The van der Waals surface area contributed by atoms with Gasteiger partial charge in [-0.15, -0.1) is 11.3 Å². The van der Waals surface area contributed by atoms with E-state index in [0.29, 0.717) is 5.57 Å². The Morgan fingerprint density at radius 2 is 1.86 bits per heavy atom. The van der Waals surface area contributed by atoms with E-state index in [1.54, 1.807) is 11.3 Å². The van der Waals surface area contributed by atoms with Gasteiger partial charge in [-0.1, -0.05) is 42.5 Å². The van der Waals surface area contributed by atoms with Crippen LogP contribution in [0.3, 0.4) is 0 Å². The summed E-state index contributed by atoms with van der Waals surface area (Å²) in [4.78, 5) is 2.52. The predicted molar refractivity (Wildman–Crippen MR) is 91.2 cm³/mol. The van der Waals surface area contributed by atoms with E-state index in [0.717, 1.165) is 21.9 Å². The molecule has 1 nitrogen and oxygen atoms in total. The Kier molecular flexibility index (Phi) is 3.60. The molecule has 0 bridgehead atoms. The highest BCUT2D eigenvalue weighted by atomic mass is 32.1. The quantitative estimate of drug-likeness (QED) is 0.565. The van der Waals surface area contributed by atoms with E-state index in [4.69, 9.17) is 0 Å². The number of allylic oxidation sites excluding steroid dienone is 1. The highest BCUT2D eigenvalue weighted by molar-refractivity contribution is 7.12. The summed E-state index contributed by atoms with van der Waals surface area (Å²) in [5, 5.41) is 11.9. The zero-order chi connectivity index (χ0) is 14.8. The van der Waals surface area contributed by atoms with E-state index in [1.165, 1.54) is 9.75 Å². The fourth-order valence-electron chi connectivity index (χ4n) is 2.58. The van der Waals surface area contributed by atoms with Crippen LogP contribution in [-0.4, -0.2) is 0 Å². The number of rotatable bonds is 2. The van der Waals surface area contributed by atoms with Crippen molar-refractivity contribution in [3.05, 3.63) is 69.4 Å². The standard InChI is InChI=1S/C19H15NS/c1-13-10-16(14(2)21-13)11-17(12-20)19-9-5-7-15-6-3-4-8-18(15)19/h3-11H,1-2H3/b17-11+. The third-order valence-corrected chi connectivity index (χ3v) is 4.56. The zero-order valence-electron chi connectivity index (χ0n) is 12.1. The minimum atomic E-state index is 0.715. The Morgan fingerprint density at radius 1 is 1.10 bits per heavy atom. The number of hydrogen-bond donors (Lipinski definition) is 0. The van der Waals surface area contributed by atoms with Gasteiger partial charge in [-0.25, -0.2) is 0 Å². The molecule has 0 spiro atoms. The molecule has 1 aromatic heterocycles. The maximum Gasteiger partial charge on any atom is 0.0998 e. The van der Waals surface area contributed by atoms with Crippen molar-refractivity contribution in [1.82, 2.24) is 0 Å². The van der Waals surface area contributed by atoms with Crippen LogP contribution >= 0.6 is 11.3 Å². The highest BCUT2D eigenvalue weighted by Gasteiger charge is 2.08. The Labute approximate surface area is 128 Å². The normalized spacial score (nSPS) is 11.6. The number of fused-ring (bicyclic) bond motifs is 1. The molecule has 0 radical (unpaired) electrons. The minimum absolute atomic E-state index is 0.715. The van der Waals surface area contributed by atoms with E-state index < -0.39 is 0 Å². The van der Waals surface area contributed by atoms with Crippen LogP contribution in [0.1, 0.15) is 20.9 Å². The van der Waals surface area contributed by atoms with Crippen LogP contribution in [-0.2, 0) is 0 Å². The van der Waals surface area contributed by atoms with E-state index in [9.17, 15) is 5.26 Å². The van der Waals surface area contributed by atoms with Crippen molar-refractivity contribution in [2.24, 2.45) is 0 Å². The third-order valence-electron chi connectivity index (χ3n) is 3.58. The van der Waals surface area contributed by atoms with Crippen molar-refractivity contribution in [3.63, 3.8) is 0 Å². The maximum atomic E-state index is 9.58. The monoisotopic (exact) mass is 289 g/mol. The largest absolute Gasteiger partial charge is 0.192 e. The van der Waals surface area contributed by atoms with E-state index in [-0.39, 0.29) is 0 Å². The molecule has 0 fully saturated rings. The lowest BCUT2D eigenvalue weighted by atomic mass is 9.97. The molecule has 102 valence electrons. The second-order valence-electron chi connectivity index (χ2n) is 5.07. The van der Waals surface area contributed by atoms with Gasteiger partial charge in [-0.2, -0.15) is 5.26 Å². The molecule has 3 rings (SSSR count). The van der Waals surface area contributed by atoms with Gasteiger partial charge in [-0.3, -0.25) is 0 Å². The molecule has 1 heterocycles. The molecule has 0 aliphatic carbocycles. The van der Waals surface area contributed by atoms with Gasteiger partial charge in [0, 0.05) is 15.3 Å². The Balaban J connectivity index is 2.20. The maximum absolute atomic E-state index is 9.58. The summed E-state index contributed by atoms with van der Waals surface area (Å²) in [5.74, 6) is 0. The van der Waals surface area contributed by atoms with Crippen LogP contribution in [0.15, 0.2) is 48.5 Å². The van der Waals surface area contributed by atoms with Crippen LogP contribution in [0.5, 0.6) is 0 Å². The van der Waals surface area contributed by atoms with Gasteiger partial charge in [0.15, 0.2) is 0 Å². The average Bonchev–Trinajstić information content (AvgIpc) is 2.82. The van der Waals surface area contributed by atoms with Gasteiger partial charge in [0.1, 0.15) is 0 Å². The van der Waals surface area contributed by atoms with Crippen molar-refractivity contribution in [3.8, 4) is 6.07 Å². The molecular weight excluding hydrogens is 274 g/mol. The van der Waals surface area contributed by atoms with Gasteiger partial charge in [-0.05, 0) is 42.3 Å². The Bertz CT molecular complexity index is 873. The van der Waals surface area contributed by atoms with Gasteiger partial charge >= 0.3 is 0 Å². The van der Waals surface area contributed by atoms with E-state index >= 15 is 0 Å². The lowest BCUT2D eigenvalue weighted by Crippen LogP contribution is -1.85. The molecule has 3 aromatic rings. The van der Waals surface area contributed by atoms with E-state index in [2.05, 4.69) is 44.2 Å². The van der Waals surface area contributed by atoms with Crippen molar-refractivity contribution in [2.75, 3.05) is 0 Å².